The van der Waals surface area contributed by atoms with E-state index in [1.807, 2.05) is 13.3 Å². The summed E-state index contributed by atoms with van der Waals surface area (Å²) in [5.41, 5.74) is 1.25. The molecule has 0 bridgehead atoms. The second-order valence-corrected chi connectivity index (χ2v) is 8.55. The summed E-state index contributed by atoms with van der Waals surface area (Å²) >= 11 is 0. The Balaban J connectivity index is 1.40. The number of aryl methyl sites for hydroxylation is 1. The molecule has 4 rings (SSSR count). The van der Waals surface area contributed by atoms with Crippen LogP contribution in [0.25, 0.3) is 0 Å². The molecule has 1 saturated heterocycles. The number of likely N-dealkylation sites (tertiary alicyclic amines) is 1. The Morgan fingerprint density at radius 2 is 1.88 bits per heavy atom. The lowest BCUT2D eigenvalue weighted by atomic mass is 9.77. The first kappa shape index (κ1) is 16.6. The number of methoxy groups -OCH3 is 1. The van der Waals surface area contributed by atoms with Gasteiger partial charge in [0.05, 0.1) is 18.3 Å². The molecule has 0 N–H and O–H groups in total. The normalized spacial score (nSPS) is 35.2. The van der Waals surface area contributed by atoms with Gasteiger partial charge in [-0.05, 0) is 55.9 Å². The van der Waals surface area contributed by atoms with Crippen molar-refractivity contribution in [1.29, 1.82) is 0 Å². The molecule has 1 aliphatic heterocycles. The molecule has 4 nitrogen and oxygen atoms in total. The fourth-order valence-electron chi connectivity index (χ4n) is 5.52. The summed E-state index contributed by atoms with van der Waals surface area (Å²) in [5, 5.41) is 4.59. The molecule has 0 radical (unpaired) electrons. The van der Waals surface area contributed by atoms with Crippen LogP contribution in [-0.2, 0) is 4.74 Å². The Morgan fingerprint density at radius 1 is 1.12 bits per heavy atom. The standard InChI is InChI=1S/C20H33N3O/c1-15-10-21-23(11-15)19-8-17-13-22(12-16-6-4-3-5-7-16)14-18(17)9-20(19)24-2/h10-11,16-20H,3-9,12-14H2,1-2H3/t17-,18+,19-,20-/m0/s1. The molecule has 3 fully saturated rings. The van der Waals surface area contributed by atoms with Gasteiger partial charge >= 0.3 is 0 Å². The molecule has 2 heterocycles. The smallest absolute Gasteiger partial charge is 0.0798 e. The highest BCUT2D eigenvalue weighted by Crippen LogP contribution is 2.42. The molecule has 1 aromatic heterocycles. The predicted molar refractivity (Wildman–Crippen MR) is 96.0 cm³/mol. The largest absolute Gasteiger partial charge is 0.379 e. The van der Waals surface area contributed by atoms with E-state index in [0.717, 1.165) is 17.8 Å². The van der Waals surface area contributed by atoms with Crippen LogP contribution in [0.2, 0.25) is 0 Å². The van der Waals surface area contributed by atoms with Crippen molar-refractivity contribution >= 4 is 0 Å². The number of nitrogens with zero attached hydrogens (tertiary/aromatic N) is 3. The predicted octanol–water partition coefficient (Wildman–Crippen LogP) is 3.67. The minimum atomic E-state index is 0.320. The molecule has 0 spiro atoms. The molecule has 3 aliphatic rings. The van der Waals surface area contributed by atoms with Crippen LogP contribution in [0.15, 0.2) is 12.4 Å². The number of aromatic nitrogens is 2. The van der Waals surface area contributed by atoms with Crippen molar-refractivity contribution in [3.8, 4) is 0 Å². The summed E-state index contributed by atoms with van der Waals surface area (Å²) in [6, 6.07) is 0.416. The summed E-state index contributed by atoms with van der Waals surface area (Å²) in [5.74, 6) is 2.61. The topological polar surface area (TPSA) is 30.3 Å². The van der Waals surface area contributed by atoms with Gasteiger partial charge in [0.1, 0.15) is 0 Å². The highest BCUT2D eigenvalue weighted by Gasteiger charge is 2.43. The maximum atomic E-state index is 5.88. The molecule has 4 atom stereocenters. The third kappa shape index (κ3) is 3.41. The van der Waals surface area contributed by atoms with Crippen LogP contribution < -0.4 is 0 Å². The van der Waals surface area contributed by atoms with Crippen molar-refractivity contribution < 1.29 is 4.74 Å². The molecule has 0 unspecified atom stereocenters. The van der Waals surface area contributed by atoms with Gasteiger partial charge in [0, 0.05) is 32.9 Å². The summed E-state index contributed by atoms with van der Waals surface area (Å²) in [6.45, 7) is 6.06. The SMILES string of the molecule is CO[C@H]1C[C@@H]2CN(CC3CCCCC3)C[C@@H]2C[C@@H]1n1cc(C)cn1. The van der Waals surface area contributed by atoms with E-state index in [9.17, 15) is 0 Å². The van der Waals surface area contributed by atoms with E-state index in [-0.39, 0.29) is 0 Å². The van der Waals surface area contributed by atoms with Gasteiger partial charge < -0.3 is 9.64 Å². The van der Waals surface area contributed by atoms with E-state index < -0.39 is 0 Å². The first-order valence-electron chi connectivity index (χ1n) is 9.99. The average Bonchev–Trinajstić information content (AvgIpc) is 3.19. The zero-order valence-corrected chi connectivity index (χ0v) is 15.4. The summed E-state index contributed by atoms with van der Waals surface area (Å²) in [6.07, 6.45) is 14.2. The van der Waals surface area contributed by atoms with Crippen LogP contribution in [0.1, 0.15) is 56.6 Å². The Kier molecular flexibility index (Phi) is 4.95. The van der Waals surface area contributed by atoms with Crippen molar-refractivity contribution in [1.82, 2.24) is 14.7 Å². The van der Waals surface area contributed by atoms with Crippen molar-refractivity contribution in [2.75, 3.05) is 26.7 Å². The molecule has 1 aromatic rings. The van der Waals surface area contributed by atoms with Crippen LogP contribution in [0.5, 0.6) is 0 Å². The van der Waals surface area contributed by atoms with Gasteiger partial charge in [-0.1, -0.05) is 19.3 Å². The minimum absolute atomic E-state index is 0.320. The lowest BCUT2D eigenvalue weighted by Crippen LogP contribution is -2.37. The molecule has 134 valence electrons. The monoisotopic (exact) mass is 331 g/mol. The molecular weight excluding hydrogens is 298 g/mol. The first-order chi connectivity index (χ1) is 11.7. The average molecular weight is 332 g/mol. The van der Waals surface area contributed by atoms with Crippen molar-refractivity contribution in [3.63, 3.8) is 0 Å². The fraction of sp³-hybridized carbons (Fsp3) is 0.850. The number of hydrogen-bond acceptors (Lipinski definition) is 3. The maximum Gasteiger partial charge on any atom is 0.0798 e. The Morgan fingerprint density at radius 3 is 2.54 bits per heavy atom. The second-order valence-electron chi connectivity index (χ2n) is 8.55. The number of ether oxygens (including phenoxy) is 1. The van der Waals surface area contributed by atoms with Crippen molar-refractivity contribution in [2.45, 2.75) is 64.0 Å². The molecule has 2 aliphatic carbocycles. The summed E-state index contributed by atoms with van der Waals surface area (Å²) in [4.78, 5) is 2.77. The van der Waals surface area contributed by atoms with Crippen LogP contribution in [-0.4, -0.2) is 47.5 Å². The summed E-state index contributed by atoms with van der Waals surface area (Å²) in [7, 11) is 1.88. The second kappa shape index (κ2) is 7.17. The van der Waals surface area contributed by atoms with Gasteiger partial charge in [-0.3, -0.25) is 4.68 Å². The molecule has 24 heavy (non-hydrogen) atoms. The van der Waals surface area contributed by atoms with Crippen LogP contribution in [0.3, 0.4) is 0 Å². The van der Waals surface area contributed by atoms with Crippen molar-refractivity contribution in [2.24, 2.45) is 17.8 Å². The zero-order chi connectivity index (χ0) is 16.5. The van der Waals surface area contributed by atoms with E-state index in [1.54, 1.807) is 0 Å². The fourth-order valence-corrected chi connectivity index (χ4v) is 5.52. The minimum Gasteiger partial charge on any atom is -0.379 e. The van der Waals surface area contributed by atoms with E-state index in [2.05, 4.69) is 27.8 Å². The Bertz CT molecular complexity index is 537. The van der Waals surface area contributed by atoms with E-state index >= 15 is 0 Å². The lowest BCUT2D eigenvalue weighted by molar-refractivity contribution is -0.00488. The van der Waals surface area contributed by atoms with Crippen LogP contribution >= 0.6 is 0 Å². The highest BCUT2D eigenvalue weighted by molar-refractivity contribution is 5.03. The lowest BCUT2D eigenvalue weighted by Gasteiger charge is -2.37. The number of fused-ring (bicyclic) bond motifs is 1. The Labute approximate surface area is 146 Å². The van der Waals surface area contributed by atoms with E-state index in [1.165, 1.54) is 70.1 Å². The van der Waals surface area contributed by atoms with Gasteiger partial charge in [-0.2, -0.15) is 5.10 Å². The van der Waals surface area contributed by atoms with Gasteiger partial charge in [0.15, 0.2) is 0 Å². The quantitative estimate of drug-likeness (QED) is 0.843. The van der Waals surface area contributed by atoms with Gasteiger partial charge in [-0.25, -0.2) is 0 Å². The maximum absolute atomic E-state index is 5.88. The van der Waals surface area contributed by atoms with Gasteiger partial charge in [-0.15, -0.1) is 0 Å². The molecule has 4 heteroatoms. The third-order valence-corrected chi connectivity index (χ3v) is 6.77. The molecular formula is C20H33N3O. The Hall–Kier alpha value is -0.870. The number of rotatable bonds is 4. The van der Waals surface area contributed by atoms with E-state index in [4.69, 9.17) is 4.74 Å². The van der Waals surface area contributed by atoms with Crippen molar-refractivity contribution in [3.05, 3.63) is 18.0 Å². The van der Waals surface area contributed by atoms with Crippen LogP contribution in [0.4, 0.5) is 0 Å². The van der Waals surface area contributed by atoms with Gasteiger partial charge in [0.25, 0.3) is 0 Å². The third-order valence-electron chi connectivity index (χ3n) is 6.77. The highest BCUT2D eigenvalue weighted by atomic mass is 16.5. The van der Waals surface area contributed by atoms with Gasteiger partial charge in [0.2, 0.25) is 0 Å². The van der Waals surface area contributed by atoms with Crippen LogP contribution in [0, 0.1) is 24.7 Å². The summed E-state index contributed by atoms with van der Waals surface area (Å²) < 4.78 is 8.05. The molecule has 0 amide bonds. The molecule has 0 aromatic carbocycles. The first-order valence-corrected chi connectivity index (χ1v) is 9.99. The molecule has 2 saturated carbocycles. The van der Waals surface area contributed by atoms with E-state index in [0.29, 0.717) is 12.1 Å². The number of hydrogen-bond donors (Lipinski definition) is 0. The zero-order valence-electron chi connectivity index (χ0n) is 15.4.